The molecular weight excluding hydrogens is 430 g/mol. The molecule has 31 heavy (non-hydrogen) atoms. The molecule has 160 valence electrons. The van der Waals surface area contributed by atoms with E-state index in [1.807, 2.05) is 0 Å². The number of halogens is 3. The molecule has 4 fully saturated rings. The zero-order chi connectivity index (χ0) is 21.5. The summed E-state index contributed by atoms with van der Waals surface area (Å²) in [5.74, 6) is -5.32. The van der Waals surface area contributed by atoms with Crippen LogP contribution in [0.3, 0.4) is 0 Å². The fourth-order valence-corrected chi connectivity index (χ4v) is 5.17. The number of carbonyl (C=O) groups excluding carboxylic acids is 4. The van der Waals surface area contributed by atoms with Crippen LogP contribution >= 0.6 is 0 Å². The van der Waals surface area contributed by atoms with Gasteiger partial charge in [-0.25, -0.2) is 0 Å². The third-order valence-electron chi connectivity index (χ3n) is 6.58. The zero-order valence-corrected chi connectivity index (χ0v) is 18.6. The maximum absolute atomic E-state index is 12.9. The summed E-state index contributed by atoms with van der Waals surface area (Å²) in [7, 11) is 0. The molecule has 4 aliphatic heterocycles. The van der Waals surface area contributed by atoms with Gasteiger partial charge in [0.2, 0.25) is 5.91 Å². The number of alkyl halides is 3. The van der Waals surface area contributed by atoms with Crippen molar-refractivity contribution in [2.24, 2.45) is 5.92 Å². The maximum Gasteiger partial charge on any atom is 1.00 e. The molecule has 3 atom stereocenters. The Morgan fingerprint density at radius 3 is 2.42 bits per heavy atom. The standard InChI is InChI=1S/C19H18F3N3O5.Na/c20-19(21,22)18(30)24-7-10-6-9(5-8-3-4-23(15(8)26)11-1-2-11)13(17(28)29)25-12(10)14(24)16(25)27;/h5,10-12,14H,1-4,6-7H2,(H,28,29);/q;+1/p-1/b8-5+;/t10?,12-,14?;/m1./s1. The molecule has 5 aliphatic rings. The topological polar surface area (TPSA) is 101 Å². The number of carboxylic acid groups (broad SMARTS) is 1. The number of carbonyl (C=O) groups is 4. The van der Waals surface area contributed by atoms with Crippen molar-refractivity contribution in [1.82, 2.24) is 14.7 Å². The summed E-state index contributed by atoms with van der Waals surface area (Å²) in [6, 6.07) is -1.92. The number of allylic oxidation sites excluding steroid dienone is 2. The molecule has 0 radical (unpaired) electrons. The quantitative estimate of drug-likeness (QED) is 0.252. The number of hydrogen-bond acceptors (Lipinski definition) is 5. The minimum absolute atomic E-state index is 0. The number of nitrogens with zero attached hydrogens (tertiary/aromatic N) is 3. The van der Waals surface area contributed by atoms with Crippen molar-refractivity contribution in [2.75, 3.05) is 13.1 Å². The van der Waals surface area contributed by atoms with E-state index in [2.05, 4.69) is 0 Å². The predicted octanol–water partition coefficient (Wildman–Crippen LogP) is -3.68. The van der Waals surface area contributed by atoms with Gasteiger partial charge in [0.15, 0.2) is 0 Å². The third-order valence-corrected chi connectivity index (χ3v) is 6.58. The van der Waals surface area contributed by atoms with E-state index < -0.39 is 47.7 Å². The molecule has 0 spiro atoms. The number of likely N-dealkylation sites (tertiary alicyclic amines) is 2. The van der Waals surface area contributed by atoms with E-state index in [0.29, 0.717) is 23.4 Å². The molecule has 0 N–H and O–H groups in total. The van der Waals surface area contributed by atoms with Crippen molar-refractivity contribution < 1.29 is 67.0 Å². The molecule has 3 amide bonds. The van der Waals surface area contributed by atoms with Gasteiger partial charge >= 0.3 is 41.6 Å². The molecule has 5 rings (SSSR count). The van der Waals surface area contributed by atoms with Crippen LogP contribution in [0, 0.1) is 5.92 Å². The monoisotopic (exact) mass is 447 g/mol. The summed E-state index contributed by atoms with van der Waals surface area (Å²) >= 11 is 0. The Morgan fingerprint density at radius 2 is 1.84 bits per heavy atom. The van der Waals surface area contributed by atoms with Crippen molar-refractivity contribution in [3.8, 4) is 0 Å². The van der Waals surface area contributed by atoms with Gasteiger partial charge in [-0.3, -0.25) is 14.4 Å². The molecule has 0 bridgehead atoms. The van der Waals surface area contributed by atoms with Crippen molar-refractivity contribution in [3.05, 3.63) is 22.9 Å². The fourth-order valence-electron chi connectivity index (χ4n) is 5.17. The number of aliphatic carboxylic acids is 1. The Balaban J connectivity index is 0.00000231. The molecule has 3 saturated heterocycles. The normalized spacial score (nSPS) is 31.1. The van der Waals surface area contributed by atoms with Crippen molar-refractivity contribution in [1.29, 1.82) is 0 Å². The first-order chi connectivity index (χ1) is 14.1. The number of amides is 3. The molecule has 0 aromatic carbocycles. The molecule has 1 aliphatic carbocycles. The Kier molecular flexibility index (Phi) is 5.30. The second-order valence-electron chi connectivity index (χ2n) is 8.37. The number of hydrogen-bond donors (Lipinski definition) is 0. The van der Waals surface area contributed by atoms with Crippen LogP contribution in [0.2, 0.25) is 0 Å². The second-order valence-corrected chi connectivity index (χ2v) is 8.37. The van der Waals surface area contributed by atoms with Gasteiger partial charge in [-0.1, -0.05) is 0 Å². The molecule has 12 heteroatoms. The zero-order valence-electron chi connectivity index (χ0n) is 16.6. The molecule has 1 saturated carbocycles. The number of rotatable bonds is 3. The molecule has 4 heterocycles. The van der Waals surface area contributed by atoms with Crippen LogP contribution in [0.4, 0.5) is 13.2 Å². The van der Waals surface area contributed by atoms with Gasteiger partial charge in [-0.2, -0.15) is 13.2 Å². The Morgan fingerprint density at radius 1 is 1.16 bits per heavy atom. The minimum Gasteiger partial charge on any atom is -0.543 e. The van der Waals surface area contributed by atoms with Crippen LogP contribution in [-0.4, -0.2) is 75.8 Å². The van der Waals surface area contributed by atoms with Crippen LogP contribution in [0.1, 0.15) is 25.7 Å². The maximum atomic E-state index is 12.9. The van der Waals surface area contributed by atoms with E-state index in [1.54, 1.807) is 4.90 Å². The third kappa shape index (κ3) is 3.32. The first-order valence-electron chi connectivity index (χ1n) is 9.76. The van der Waals surface area contributed by atoms with Crippen molar-refractivity contribution in [2.45, 2.75) is 50.0 Å². The molecule has 0 aromatic heterocycles. The van der Waals surface area contributed by atoms with Crippen molar-refractivity contribution in [3.63, 3.8) is 0 Å². The average Bonchev–Trinajstić information content (AvgIpc) is 3.35. The first kappa shape index (κ1) is 22.3. The average molecular weight is 447 g/mol. The van der Waals surface area contributed by atoms with E-state index in [0.717, 1.165) is 17.7 Å². The summed E-state index contributed by atoms with van der Waals surface area (Å²) in [6.45, 7) is 0.235. The summed E-state index contributed by atoms with van der Waals surface area (Å²) in [5.41, 5.74) is 0.189. The van der Waals surface area contributed by atoms with Gasteiger partial charge in [0.05, 0.1) is 17.7 Å². The molecule has 8 nitrogen and oxygen atoms in total. The van der Waals surface area contributed by atoms with Gasteiger partial charge in [-0.05, 0) is 37.3 Å². The van der Waals surface area contributed by atoms with Gasteiger partial charge < -0.3 is 24.6 Å². The SMILES string of the molecule is O=C([O-])C1=C(/C=C2\CCN(C3CC3)C2=O)CC2CN(C(=O)C(F)(F)F)C3C(=O)N1[C@H]23.[Na+]. The summed E-state index contributed by atoms with van der Waals surface area (Å²) in [4.78, 5) is 51.8. The van der Waals surface area contributed by atoms with Crippen LogP contribution in [-0.2, 0) is 19.2 Å². The smallest absolute Gasteiger partial charge is 0.543 e. The Hall–Kier alpha value is -1.85. The van der Waals surface area contributed by atoms with E-state index in [1.165, 1.54) is 6.08 Å². The van der Waals surface area contributed by atoms with E-state index in [-0.39, 0.29) is 60.0 Å². The fraction of sp³-hybridized carbons (Fsp3) is 0.579. The van der Waals surface area contributed by atoms with Gasteiger partial charge in [0.25, 0.3) is 5.91 Å². The van der Waals surface area contributed by atoms with Crippen LogP contribution in [0.25, 0.3) is 0 Å². The largest absolute Gasteiger partial charge is 1.00 e. The summed E-state index contributed by atoms with van der Waals surface area (Å²) < 4.78 is 38.7. The summed E-state index contributed by atoms with van der Waals surface area (Å²) in [6.07, 6.45) is -1.32. The first-order valence-corrected chi connectivity index (χ1v) is 9.76. The second kappa shape index (κ2) is 7.35. The molecular formula is C19H17F3N3NaO5. The Bertz CT molecular complexity index is 958. The number of β-lactam (4-membered cyclic amide) rings is 1. The van der Waals surface area contributed by atoms with Gasteiger partial charge in [0, 0.05) is 30.6 Å². The van der Waals surface area contributed by atoms with Crippen molar-refractivity contribution >= 4 is 23.7 Å². The van der Waals surface area contributed by atoms with E-state index in [9.17, 15) is 37.5 Å². The van der Waals surface area contributed by atoms with Gasteiger partial charge in [-0.15, -0.1) is 0 Å². The number of carboxylic acids is 1. The van der Waals surface area contributed by atoms with Crippen LogP contribution < -0.4 is 34.7 Å². The van der Waals surface area contributed by atoms with E-state index in [4.69, 9.17) is 0 Å². The van der Waals surface area contributed by atoms with Crippen LogP contribution in [0.15, 0.2) is 22.9 Å². The summed E-state index contributed by atoms with van der Waals surface area (Å²) in [5, 5.41) is 11.8. The van der Waals surface area contributed by atoms with Gasteiger partial charge in [0.1, 0.15) is 6.04 Å². The molecule has 2 unspecified atom stereocenters. The minimum atomic E-state index is -5.12. The van der Waals surface area contributed by atoms with Crippen LogP contribution in [0.5, 0.6) is 0 Å². The molecule has 0 aromatic rings. The van der Waals surface area contributed by atoms with E-state index >= 15 is 0 Å². The predicted molar refractivity (Wildman–Crippen MR) is 89.8 cm³/mol. The Labute approximate surface area is 197 Å².